The van der Waals surface area contributed by atoms with E-state index in [1.54, 1.807) is 10.9 Å². The van der Waals surface area contributed by atoms with Gasteiger partial charge in [0.15, 0.2) is 0 Å². The van der Waals surface area contributed by atoms with Crippen molar-refractivity contribution in [1.82, 2.24) is 14.8 Å². The fourth-order valence-corrected chi connectivity index (χ4v) is 5.10. The third-order valence-corrected chi connectivity index (χ3v) is 6.87. The van der Waals surface area contributed by atoms with Gasteiger partial charge in [-0.25, -0.2) is 18.2 Å². The van der Waals surface area contributed by atoms with Gasteiger partial charge >= 0.3 is 0 Å². The van der Waals surface area contributed by atoms with Crippen molar-refractivity contribution in [2.45, 2.75) is 44.7 Å². The molecule has 9 heteroatoms. The second-order valence-corrected chi connectivity index (χ2v) is 9.05. The van der Waals surface area contributed by atoms with Crippen LogP contribution in [-0.2, 0) is 16.2 Å². The highest BCUT2D eigenvalue weighted by Gasteiger charge is 2.37. The Kier molecular flexibility index (Phi) is 6.00. The summed E-state index contributed by atoms with van der Waals surface area (Å²) >= 11 is 0. The molecule has 2 fully saturated rings. The highest BCUT2D eigenvalue weighted by molar-refractivity contribution is 5.80. The number of nitriles is 1. The van der Waals surface area contributed by atoms with E-state index < -0.39 is 23.5 Å². The molecule has 2 aliphatic rings. The second kappa shape index (κ2) is 9.11. The zero-order chi connectivity index (χ0) is 23.8. The lowest BCUT2D eigenvalue weighted by Crippen LogP contribution is -2.37. The molecule has 0 bridgehead atoms. The molecule has 6 nitrogen and oxygen atoms in total. The van der Waals surface area contributed by atoms with Crippen LogP contribution in [-0.4, -0.2) is 27.4 Å². The maximum Gasteiger partial charge on any atom is 0.249 e. The van der Waals surface area contributed by atoms with Crippen LogP contribution in [0.4, 0.5) is 13.2 Å². The van der Waals surface area contributed by atoms with Crippen LogP contribution in [0.2, 0.25) is 0 Å². The van der Waals surface area contributed by atoms with Crippen molar-refractivity contribution in [2.75, 3.05) is 6.61 Å². The van der Waals surface area contributed by atoms with E-state index in [0.29, 0.717) is 48.9 Å². The number of fused-ring (bicyclic) bond motifs is 1. The zero-order valence-electron chi connectivity index (χ0n) is 18.4. The van der Waals surface area contributed by atoms with E-state index in [4.69, 9.17) is 10.1 Å². The van der Waals surface area contributed by atoms with Gasteiger partial charge in [0.05, 0.1) is 29.9 Å². The molecular formula is C25H23F3N4O2. The summed E-state index contributed by atoms with van der Waals surface area (Å²) in [5.41, 5.74) is 1.10. The zero-order valence-corrected chi connectivity index (χ0v) is 18.4. The maximum absolute atomic E-state index is 13.9. The Hall–Kier alpha value is -3.38. The molecule has 34 heavy (non-hydrogen) atoms. The van der Waals surface area contributed by atoms with Gasteiger partial charge in [0.25, 0.3) is 0 Å². The highest BCUT2D eigenvalue weighted by atomic mass is 19.1. The summed E-state index contributed by atoms with van der Waals surface area (Å²) in [6, 6.07) is 7.52. The molecule has 1 saturated carbocycles. The standard InChI is InChI=1S/C25H23F3N4O2/c26-20-7-17(8-21(27)11-20)23-5-6-34-32(23)25(33)16-3-1-15(2-4-16)14-31-24-10-18(12-29)22(28)9-19(24)13-30-31/h7-11,13,15-16,23H,1-6,14H2/t15-,16-,23-/m0/s1. The molecule has 1 amide bonds. The SMILES string of the molecule is N#Cc1cc2c(cnn2C[C@H]2CC[C@H](C(=O)N3OCC[C@H]3c3cc(F)cc(F)c3)CC2)cc1F. The molecule has 0 radical (unpaired) electrons. The third kappa shape index (κ3) is 4.26. The summed E-state index contributed by atoms with van der Waals surface area (Å²) < 4.78 is 43.1. The van der Waals surface area contributed by atoms with Gasteiger partial charge in [-0.3, -0.25) is 14.3 Å². The van der Waals surface area contributed by atoms with Gasteiger partial charge < -0.3 is 0 Å². The Balaban J connectivity index is 1.23. The molecule has 0 spiro atoms. The van der Waals surface area contributed by atoms with E-state index in [1.165, 1.54) is 29.3 Å². The van der Waals surface area contributed by atoms with Gasteiger partial charge in [-0.2, -0.15) is 10.4 Å². The number of nitrogens with zero attached hydrogens (tertiary/aromatic N) is 4. The minimum absolute atomic E-state index is 0.0121. The Morgan fingerprint density at radius 2 is 1.79 bits per heavy atom. The number of rotatable bonds is 4. The Labute approximate surface area is 194 Å². The molecule has 1 saturated heterocycles. The van der Waals surface area contributed by atoms with Crippen LogP contribution in [0.5, 0.6) is 0 Å². The van der Waals surface area contributed by atoms with Crippen LogP contribution < -0.4 is 0 Å². The lowest BCUT2D eigenvalue weighted by atomic mass is 9.81. The first-order valence-electron chi connectivity index (χ1n) is 11.4. The molecule has 1 aliphatic heterocycles. The van der Waals surface area contributed by atoms with E-state index in [2.05, 4.69) is 5.10 Å². The van der Waals surface area contributed by atoms with Crippen LogP contribution in [0.25, 0.3) is 10.9 Å². The number of halogens is 3. The van der Waals surface area contributed by atoms with Crippen molar-refractivity contribution >= 4 is 16.8 Å². The van der Waals surface area contributed by atoms with Crippen LogP contribution in [0.15, 0.2) is 36.5 Å². The number of aromatic nitrogens is 2. The largest absolute Gasteiger partial charge is 0.272 e. The predicted octanol–water partition coefficient (Wildman–Crippen LogP) is 5.04. The Morgan fingerprint density at radius 1 is 1.06 bits per heavy atom. The molecule has 2 heterocycles. The van der Waals surface area contributed by atoms with Crippen molar-refractivity contribution in [1.29, 1.82) is 5.26 Å². The molecule has 3 aromatic rings. The third-order valence-electron chi connectivity index (χ3n) is 6.87. The van der Waals surface area contributed by atoms with Gasteiger partial charge in [0.2, 0.25) is 5.91 Å². The van der Waals surface area contributed by atoms with Crippen molar-refractivity contribution < 1.29 is 22.8 Å². The van der Waals surface area contributed by atoms with E-state index >= 15 is 0 Å². The van der Waals surface area contributed by atoms with Gasteiger partial charge in [0.1, 0.15) is 23.5 Å². The quantitative estimate of drug-likeness (QED) is 0.538. The van der Waals surface area contributed by atoms with E-state index in [1.807, 2.05) is 6.07 Å². The second-order valence-electron chi connectivity index (χ2n) is 9.05. The average molecular weight is 468 g/mol. The van der Waals surface area contributed by atoms with Crippen molar-refractivity contribution in [3.8, 4) is 6.07 Å². The topological polar surface area (TPSA) is 71.2 Å². The Morgan fingerprint density at radius 3 is 2.50 bits per heavy atom. The Bertz CT molecular complexity index is 1260. The van der Waals surface area contributed by atoms with Crippen LogP contribution in [0.1, 0.15) is 49.3 Å². The summed E-state index contributed by atoms with van der Waals surface area (Å²) in [7, 11) is 0. The molecule has 0 N–H and O–H groups in total. The normalized spacial score (nSPS) is 22.8. The van der Waals surface area contributed by atoms with Gasteiger partial charge in [-0.05, 0) is 61.4 Å². The molecule has 5 rings (SSSR count). The van der Waals surface area contributed by atoms with E-state index in [-0.39, 0.29) is 23.3 Å². The summed E-state index contributed by atoms with van der Waals surface area (Å²) in [5, 5.41) is 15.4. The van der Waals surface area contributed by atoms with Crippen molar-refractivity contribution in [2.24, 2.45) is 11.8 Å². The van der Waals surface area contributed by atoms with Gasteiger partial charge in [-0.15, -0.1) is 0 Å². The monoisotopic (exact) mass is 468 g/mol. The predicted molar refractivity (Wildman–Crippen MR) is 116 cm³/mol. The number of amides is 1. The van der Waals surface area contributed by atoms with E-state index in [0.717, 1.165) is 18.9 Å². The number of benzene rings is 2. The lowest BCUT2D eigenvalue weighted by Gasteiger charge is -2.32. The molecule has 0 unspecified atom stereocenters. The highest BCUT2D eigenvalue weighted by Crippen LogP contribution is 2.37. The van der Waals surface area contributed by atoms with Crippen LogP contribution in [0.3, 0.4) is 0 Å². The van der Waals surface area contributed by atoms with Gasteiger partial charge in [-0.1, -0.05) is 0 Å². The molecule has 1 aromatic heterocycles. The molecule has 176 valence electrons. The fourth-order valence-electron chi connectivity index (χ4n) is 5.10. The van der Waals surface area contributed by atoms with Crippen LogP contribution >= 0.6 is 0 Å². The summed E-state index contributed by atoms with van der Waals surface area (Å²) in [4.78, 5) is 18.8. The van der Waals surface area contributed by atoms with Crippen LogP contribution in [0, 0.1) is 40.6 Å². The average Bonchev–Trinajstić information content (AvgIpc) is 3.45. The molecule has 1 atom stereocenters. The number of hydroxylamine groups is 2. The smallest absolute Gasteiger partial charge is 0.249 e. The van der Waals surface area contributed by atoms with Crippen molar-refractivity contribution in [3.63, 3.8) is 0 Å². The van der Waals surface area contributed by atoms with E-state index in [9.17, 15) is 18.0 Å². The lowest BCUT2D eigenvalue weighted by molar-refractivity contribution is -0.183. The summed E-state index contributed by atoms with van der Waals surface area (Å²) in [5.74, 6) is -1.99. The number of carbonyl (C=O) groups excluding carboxylic acids is 1. The minimum Gasteiger partial charge on any atom is -0.272 e. The number of hydrogen-bond acceptors (Lipinski definition) is 4. The summed E-state index contributed by atoms with van der Waals surface area (Å²) in [6.45, 7) is 0.938. The van der Waals surface area contributed by atoms with Gasteiger partial charge in [0, 0.05) is 30.3 Å². The first kappa shape index (κ1) is 22.4. The summed E-state index contributed by atoms with van der Waals surface area (Å²) in [6.07, 6.45) is 5.03. The maximum atomic E-state index is 13.9. The number of carbonyl (C=O) groups is 1. The minimum atomic E-state index is -0.675. The first-order chi connectivity index (χ1) is 16.4. The fraction of sp³-hybridized carbons (Fsp3) is 0.400. The molecular weight excluding hydrogens is 445 g/mol. The number of hydrogen-bond donors (Lipinski definition) is 0. The van der Waals surface area contributed by atoms with Crippen molar-refractivity contribution in [3.05, 3.63) is 65.1 Å². The molecule has 2 aromatic carbocycles. The molecule has 1 aliphatic carbocycles. The first-order valence-corrected chi connectivity index (χ1v) is 11.4.